The van der Waals surface area contributed by atoms with Gasteiger partial charge in [0.1, 0.15) is 0 Å². The van der Waals surface area contributed by atoms with Gasteiger partial charge in [-0.05, 0) is 0 Å². The molecule has 0 saturated carbocycles. The fraction of sp³-hybridized carbons (Fsp3) is 0.200. The van der Waals surface area contributed by atoms with Crippen molar-refractivity contribution < 1.29 is 4.74 Å². The van der Waals surface area contributed by atoms with Crippen molar-refractivity contribution in [1.82, 2.24) is 0 Å². The molecule has 0 fully saturated rings. The highest BCUT2D eigenvalue weighted by Crippen LogP contribution is 2.32. The summed E-state index contributed by atoms with van der Waals surface area (Å²) in [7, 11) is 0. The lowest BCUT2D eigenvalue weighted by molar-refractivity contribution is 0.255. The zero-order chi connectivity index (χ0) is 7.72. The maximum absolute atomic E-state index is 5.02. The first kappa shape index (κ1) is 8.77. The fourth-order valence-corrected chi connectivity index (χ4v) is 1.41. The van der Waals surface area contributed by atoms with Crippen LogP contribution in [0.3, 0.4) is 0 Å². The van der Waals surface area contributed by atoms with Crippen molar-refractivity contribution >= 4 is 50.5 Å². The second-order valence-corrected chi connectivity index (χ2v) is 3.61. The first-order valence-corrected chi connectivity index (χ1v) is 4.34. The average molecular weight is 210 g/mol. The molecule has 1 aliphatic rings. The van der Waals surface area contributed by atoms with Gasteiger partial charge in [-0.15, -0.1) is 50.5 Å². The van der Waals surface area contributed by atoms with Gasteiger partial charge < -0.3 is 4.74 Å². The normalized spacial score (nSPS) is 26.0. The summed E-state index contributed by atoms with van der Waals surface area (Å²) in [5.41, 5.74) is -0.299. The van der Waals surface area contributed by atoms with Crippen LogP contribution in [0.2, 0.25) is 0 Å². The molecule has 56 valence electrons. The zero-order valence-electron chi connectivity index (χ0n) is 4.85. The highest BCUT2D eigenvalue weighted by atomic mass is 32.1. The minimum absolute atomic E-state index is 0.299. The number of thiol groups is 4. The van der Waals surface area contributed by atoms with E-state index in [1.54, 1.807) is 0 Å². The standard InChI is InChI=1S/C5H6OS4/c7-2-1-6-5(10)4(9)3(2)8/h1,5,7-10H. The van der Waals surface area contributed by atoms with Gasteiger partial charge in [0.25, 0.3) is 0 Å². The van der Waals surface area contributed by atoms with E-state index in [2.05, 4.69) is 50.5 Å². The minimum atomic E-state index is -0.299. The largest absolute Gasteiger partial charge is 0.481 e. The average Bonchev–Trinajstić information content (AvgIpc) is 1.93. The van der Waals surface area contributed by atoms with E-state index in [1.807, 2.05) is 0 Å². The summed E-state index contributed by atoms with van der Waals surface area (Å²) in [6, 6.07) is 0. The van der Waals surface area contributed by atoms with Gasteiger partial charge in [0.2, 0.25) is 0 Å². The van der Waals surface area contributed by atoms with Crippen molar-refractivity contribution in [2.24, 2.45) is 0 Å². The molecule has 10 heavy (non-hydrogen) atoms. The van der Waals surface area contributed by atoms with Crippen molar-refractivity contribution in [3.63, 3.8) is 0 Å². The van der Waals surface area contributed by atoms with Crippen LogP contribution in [0.5, 0.6) is 0 Å². The van der Waals surface area contributed by atoms with Gasteiger partial charge in [0.05, 0.1) is 11.2 Å². The van der Waals surface area contributed by atoms with Gasteiger partial charge in [-0.3, -0.25) is 0 Å². The van der Waals surface area contributed by atoms with Gasteiger partial charge >= 0.3 is 0 Å². The quantitative estimate of drug-likeness (QED) is 0.448. The van der Waals surface area contributed by atoms with Gasteiger partial charge in [-0.25, -0.2) is 0 Å². The molecular formula is C5H6OS4. The lowest BCUT2D eigenvalue weighted by Crippen LogP contribution is -2.06. The molecule has 1 aliphatic heterocycles. The van der Waals surface area contributed by atoms with E-state index in [0.717, 1.165) is 4.91 Å². The third-order valence-corrected chi connectivity index (χ3v) is 3.23. The Morgan fingerprint density at radius 3 is 2.40 bits per heavy atom. The Morgan fingerprint density at radius 2 is 1.90 bits per heavy atom. The number of hydrogen-bond donors (Lipinski definition) is 4. The Morgan fingerprint density at radius 1 is 1.30 bits per heavy atom. The molecule has 0 aliphatic carbocycles. The van der Waals surface area contributed by atoms with Gasteiger partial charge in [-0.1, -0.05) is 0 Å². The molecule has 1 nitrogen and oxygen atoms in total. The molecule has 0 amide bonds. The zero-order valence-corrected chi connectivity index (χ0v) is 8.43. The van der Waals surface area contributed by atoms with Crippen molar-refractivity contribution in [2.45, 2.75) is 5.44 Å². The van der Waals surface area contributed by atoms with E-state index in [-0.39, 0.29) is 5.44 Å². The van der Waals surface area contributed by atoms with Crippen LogP contribution in [0.4, 0.5) is 0 Å². The van der Waals surface area contributed by atoms with E-state index in [4.69, 9.17) is 4.74 Å². The van der Waals surface area contributed by atoms with Gasteiger partial charge in [0.15, 0.2) is 5.44 Å². The Labute approximate surface area is 81.5 Å². The van der Waals surface area contributed by atoms with Gasteiger partial charge in [-0.2, -0.15) is 0 Å². The van der Waals surface area contributed by atoms with Crippen LogP contribution in [0.25, 0.3) is 0 Å². The Balaban J connectivity index is 2.94. The highest BCUT2D eigenvalue weighted by Gasteiger charge is 2.16. The number of hydrogen-bond acceptors (Lipinski definition) is 5. The fourth-order valence-electron chi connectivity index (χ4n) is 0.497. The van der Waals surface area contributed by atoms with Crippen molar-refractivity contribution in [3.8, 4) is 0 Å². The third kappa shape index (κ3) is 1.64. The van der Waals surface area contributed by atoms with Crippen molar-refractivity contribution in [2.75, 3.05) is 0 Å². The predicted octanol–water partition coefficient (Wildman–Crippen LogP) is 2.11. The number of rotatable bonds is 0. The molecule has 1 unspecified atom stereocenters. The molecule has 0 aromatic heterocycles. The van der Waals surface area contributed by atoms with Gasteiger partial charge in [0, 0.05) is 9.81 Å². The van der Waals surface area contributed by atoms with Crippen LogP contribution < -0.4 is 0 Å². The molecule has 0 saturated heterocycles. The summed E-state index contributed by atoms with van der Waals surface area (Å²) in [5.74, 6) is 0. The lowest BCUT2D eigenvalue weighted by atomic mass is 10.4. The van der Waals surface area contributed by atoms with E-state index in [9.17, 15) is 0 Å². The molecule has 1 rings (SSSR count). The SMILES string of the molecule is SC1=COC(S)C(S)=C1S. The topological polar surface area (TPSA) is 9.23 Å². The smallest absolute Gasteiger partial charge is 0.172 e. The molecule has 0 N–H and O–H groups in total. The molecule has 0 bridgehead atoms. The summed E-state index contributed by atoms with van der Waals surface area (Å²) in [6.45, 7) is 0. The Bertz CT molecular complexity index is 208. The Hall–Kier alpha value is 0.680. The van der Waals surface area contributed by atoms with Crippen LogP contribution >= 0.6 is 50.5 Å². The molecule has 0 radical (unpaired) electrons. The molecule has 0 aromatic rings. The van der Waals surface area contributed by atoms with Crippen LogP contribution in [0.1, 0.15) is 0 Å². The molecule has 0 aromatic carbocycles. The first-order chi connectivity index (χ1) is 4.63. The minimum Gasteiger partial charge on any atom is -0.481 e. The molecular weight excluding hydrogens is 204 g/mol. The highest BCUT2D eigenvalue weighted by molar-refractivity contribution is 7.93. The Kier molecular flexibility index (Phi) is 2.97. The van der Waals surface area contributed by atoms with Crippen LogP contribution in [0.15, 0.2) is 21.0 Å². The summed E-state index contributed by atoms with van der Waals surface area (Å²) in [6.07, 6.45) is 1.50. The third-order valence-electron chi connectivity index (χ3n) is 1.03. The molecule has 1 atom stereocenters. The lowest BCUT2D eigenvalue weighted by Gasteiger charge is -2.18. The summed E-state index contributed by atoms with van der Waals surface area (Å²) in [4.78, 5) is 2.09. The maximum Gasteiger partial charge on any atom is 0.172 e. The molecule has 5 heteroatoms. The second kappa shape index (κ2) is 3.38. The maximum atomic E-state index is 5.02. The summed E-state index contributed by atoms with van der Waals surface area (Å²) >= 11 is 16.4. The molecule has 0 spiro atoms. The van der Waals surface area contributed by atoms with Crippen molar-refractivity contribution in [1.29, 1.82) is 0 Å². The predicted molar refractivity (Wildman–Crippen MR) is 55.9 cm³/mol. The van der Waals surface area contributed by atoms with Crippen LogP contribution in [0, 0.1) is 0 Å². The monoisotopic (exact) mass is 210 g/mol. The second-order valence-electron chi connectivity index (χ2n) is 1.73. The van der Waals surface area contributed by atoms with E-state index < -0.39 is 0 Å². The van der Waals surface area contributed by atoms with E-state index in [0.29, 0.717) is 9.81 Å². The number of ether oxygens (including phenoxy) is 1. The van der Waals surface area contributed by atoms with Crippen molar-refractivity contribution in [3.05, 3.63) is 21.0 Å². The van der Waals surface area contributed by atoms with E-state index in [1.165, 1.54) is 6.26 Å². The molecule has 1 heterocycles. The van der Waals surface area contributed by atoms with E-state index >= 15 is 0 Å². The van der Waals surface area contributed by atoms with Crippen LogP contribution in [-0.4, -0.2) is 5.44 Å². The summed E-state index contributed by atoms with van der Waals surface area (Å²) in [5, 5.41) is 0. The first-order valence-electron chi connectivity index (χ1n) is 2.48. The summed E-state index contributed by atoms with van der Waals surface area (Å²) < 4.78 is 5.02. The van der Waals surface area contributed by atoms with Crippen LogP contribution in [-0.2, 0) is 4.74 Å².